The molecule has 0 radical (unpaired) electrons. The molecule has 1 nitrogen and oxygen atoms in total. The molecule has 1 fully saturated rings. The summed E-state index contributed by atoms with van der Waals surface area (Å²) in [7, 11) is 4.13. The average Bonchev–Trinajstić information content (AvgIpc) is 2.48. The molecule has 0 bridgehead atoms. The maximum Gasteiger partial charge on any atom is 0.0439 e. The molecule has 0 atom stereocenters. The Bertz CT molecular complexity index is 137. The first-order chi connectivity index (χ1) is 4.18. The first kappa shape index (κ1) is 6.64. The van der Waals surface area contributed by atoms with Crippen molar-refractivity contribution in [2.45, 2.75) is 12.8 Å². The van der Waals surface area contributed by atoms with Crippen molar-refractivity contribution in [1.82, 2.24) is 4.90 Å². The molecular weight excluding hydrogens is 110 g/mol. The van der Waals surface area contributed by atoms with Crippen LogP contribution in [0.3, 0.4) is 0 Å². The highest BCUT2D eigenvalue weighted by Crippen LogP contribution is 2.44. The van der Waals surface area contributed by atoms with Gasteiger partial charge in [-0.25, -0.2) is 0 Å². The van der Waals surface area contributed by atoms with Gasteiger partial charge >= 0.3 is 0 Å². The largest absolute Gasteiger partial charge is 0.308 e. The topological polar surface area (TPSA) is 3.24 Å². The SMILES string of the molecule is C#CC1(CN(C)C)CC1. The van der Waals surface area contributed by atoms with Gasteiger partial charge in [0.25, 0.3) is 0 Å². The van der Waals surface area contributed by atoms with E-state index >= 15 is 0 Å². The molecule has 0 aromatic heterocycles. The van der Waals surface area contributed by atoms with E-state index in [0.717, 1.165) is 6.54 Å². The van der Waals surface area contributed by atoms with Gasteiger partial charge in [0.15, 0.2) is 0 Å². The Morgan fingerprint density at radius 3 is 2.22 bits per heavy atom. The van der Waals surface area contributed by atoms with Crippen LogP contribution in [-0.4, -0.2) is 25.5 Å². The molecule has 1 rings (SSSR count). The second-order valence-corrected chi connectivity index (χ2v) is 3.16. The average molecular weight is 123 g/mol. The van der Waals surface area contributed by atoms with Gasteiger partial charge in [-0.3, -0.25) is 0 Å². The van der Waals surface area contributed by atoms with Gasteiger partial charge in [-0.15, -0.1) is 6.42 Å². The molecule has 0 aromatic rings. The maximum absolute atomic E-state index is 5.34. The van der Waals surface area contributed by atoms with Gasteiger partial charge in [0, 0.05) is 12.0 Å². The van der Waals surface area contributed by atoms with E-state index in [4.69, 9.17) is 6.42 Å². The molecule has 1 aliphatic carbocycles. The molecule has 0 aliphatic heterocycles. The van der Waals surface area contributed by atoms with Crippen LogP contribution in [0, 0.1) is 17.8 Å². The van der Waals surface area contributed by atoms with Crippen molar-refractivity contribution in [1.29, 1.82) is 0 Å². The Labute approximate surface area is 57.0 Å². The third-order valence-corrected chi connectivity index (χ3v) is 1.78. The van der Waals surface area contributed by atoms with E-state index in [-0.39, 0.29) is 5.41 Å². The lowest BCUT2D eigenvalue weighted by Crippen LogP contribution is -2.21. The van der Waals surface area contributed by atoms with Crippen LogP contribution in [0.2, 0.25) is 0 Å². The highest BCUT2D eigenvalue weighted by atomic mass is 15.1. The zero-order chi connectivity index (χ0) is 6.91. The van der Waals surface area contributed by atoms with Crippen LogP contribution in [0.5, 0.6) is 0 Å². The van der Waals surface area contributed by atoms with E-state index in [2.05, 4.69) is 24.9 Å². The molecule has 50 valence electrons. The van der Waals surface area contributed by atoms with Crippen molar-refractivity contribution < 1.29 is 0 Å². The molecule has 0 N–H and O–H groups in total. The van der Waals surface area contributed by atoms with Crippen molar-refractivity contribution in [2.75, 3.05) is 20.6 Å². The summed E-state index contributed by atoms with van der Waals surface area (Å²) >= 11 is 0. The van der Waals surface area contributed by atoms with Crippen LogP contribution in [0.4, 0.5) is 0 Å². The summed E-state index contributed by atoms with van der Waals surface area (Å²) in [6.45, 7) is 1.06. The Hall–Kier alpha value is -0.480. The van der Waals surface area contributed by atoms with Gasteiger partial charge in [0.05, 0.1) is 0 Å². The summed E-state index contributed by atoms with van der Waals surface area (Å²) in [4.78, 5) is 2.16. The Morgan fingerprint density at radius 1 is 1.56 bits per heavy atom. The van der Waals surface area contributed by atoms with Crippen LogP contribution in [-0.2, 0) is 0 Å². The summed E-state index contributed by atoms with van der Waals surface area (Å²) in [6.07, 6.45) is 7.79. The molecule has 0 heterocycles. The number of nitrogens with zero attached hydrogens (tertiary/aromatic N) is 1. The van der Waals surface area contributed by atoms with Gasteiger partial charge < -0.3 is 4.90 Å². The monoisotopic (exact) mass is 123 g/mol. The summed E-state index contributed by atoms with van der Waals surface area (Å²) in [5.41, 5.74) is 0.267. The predicted molar refractivity (Wildman–Crippen MR) is 39.1 cm³/mol. The third-order valence-electron chi connectivity index (χ3n) is 1.78. The van der Waals surface area contributed by atoms with Gasteiger partial charge in [0.2, 0.25) is 0 Å². The maximum atomic E-state index is 5.34. The van der Waals surface area contributed by atoms with E-state index in [1.165, 1.54) is 12.8 Å². The van der Waals surface area contributed by atoms with Crippen LogP contribution in [0.25, 0.3) is 0 Å². The molecular formula is C8H13N. The molecule has 0 aromatic carbocycles. The Morgan fingerprint density at radius 2 is 2.11 bits per heavy atom. The normalized spacial score (nSPS) is 21.6. The van der Waals surface area contributed by atoms with Crippen molar-refractivity contribution >= 4 is 0 Å². The fraction of sp³-hybridized carbons (Fsp3) is 0.750. The fourth-order valence-corrected chi connectivity index (χ4v) is 1.10. The van der Waals surface area contributed by atoms with E-state index in [1.807, 2.05) is 0 Å². The number of rotatable bonds is 2. The summed E-state index contributed by atoms with van der Waals surface area (Å²) in [5.74, 6) is 2.84. The minimum Gasteiger partial charge on any atom is -0.308 e. The molecule has 0 saturated heterocycles. The summed E-state index contributed by atoms with van der Waals surface area (Å²) in [5, 5.41) is 0. The first-order valence-electron chi connectivity index (χ1n) is 3.31. The minimum absolute atomic E-state index is 0.267. The molecule has 9 heavy (non-hydrogen) atoms. The molecule has 0 amide bonds. The molecule has 0 spiro atoms. The lowest BCUT2D eigenvalue weighted by Gasteiger charge is -2.13. The van der Waals surface area contributed by atoms with E-state index < -0.39 is 0 Å². The second kappa shape index (κ2) is 2.04. The second-order valence-electron chi connectivity index (χ2n) is 3.16. The molecule has 1 heteroatoms. The van der Waals surface area contributed by atoms with Crippen LogP contribution < -0.4 is 0 Å². The highest BCUT2D eigenvalue weighted by Gasteiger charge is 2.40. The minimum atomic E-state index is 0.267. The smallest absolute Gasteiger partial charge is 0.0439 e. The third kappa shape index (κ3) is 1.46. The summed E-state index contributed by atoms with van der Waals surface area (Å²) in [6, 6.07) is 0. The zero-order valence-electron chi connectivity index (χ0n) is 6.15. The lowest BCUT2D eigenvalue weighted by molar-refractivity contribution is 0.354. The van der Waals surface area contributed by atoms with Crippen LogP contribution >= 0.6 is 0 Å². The van der Waals surface area contributed by atoms with Gasteiger partial charge in [-0.05, 0) is 26.9 Å². The number of hydrogen-bond donors (Lipinski definition) is 0. The zero-order valence-corrected chi connectivity index (χ0v) is 6.15. The fourth-order valence-electron chi connectivity index (χ4n) is 1.10. The van der Waals surface area contributed by atoms with Gasteiger partial charge in [-0.1, -0.05) is 5.92 Å². The van der Waals surface area contributed by atoms with E-state index in [9.17, 15) is 0 Å². The van der Waals surface area contributed by atoms with Crippen molar-refractivity contribution in [3.63, 3.8) is 0 Å². The van der Waals surface area contributed by atoms with Gasteiger partial charge in [-0.2, -0.15) is 0 Å². The van der Waals surface area contributed by atoms with Crippen LogP contribution in [0.15, 0.2) is 0 Å². The summed E-state index contributed by atoms with van der Waals surface area (Å²) < 4.78 is 0. The number of terminal acetylenes is 1. The van der Waals surface area contributed by atoms with Crippen molar-refractivity contribution in [3.05, 3.63) is 0 Å². The van der Waals surface area contributed by atoms with Crippen molar-refractivity contribution in [3.8, 4) is 12.3 Å². The Kier molecular flexibility index (Phi) is 1.50. The first-order valence-corrected chi connectivity index (χ1v) is 3.31. The van der Waals surface area contributed by atoms with E-state index in [0.29, 0.717) is 0 Å². The Balaban J connectivity index is 2.36. The predicted octanol–water partition coefficient (Wildman–Crippen LogP) is 0.961. The molecule has 1 aliphatic rings. The quantitative estimate of drug-likeness (QED) is 0.494. The number of hydrogen-bond acceptors (Lipinski definition) is 1. The van der Waals surface area contributed by atoms with Crippen molar-refractivity contribution in [2.24, 2.45) is 5.41 Å². The molecule has 1 saturated carbocycles. The molecule has 0 unspecified atom stereocenters. The lowest BCUT2D eigenvalue weighted by atomic mass is 10.1. The van der Waals surface area contributed by atoms with Crippen LogP contribution in [0.1, 0.15) is 12.8 Å². The van der Waals surface area contributed by atoms with E-state index in [1.54, 1.807) is 0 Å². The standard InChI is InChI=1S/C8H13N/c1-4-8(5-6-8)7-9(2)3/h1H,5-7H2,2-3H3. The highest BCUT2D eigenvalue weighted by molar-refractivity contribution is 5.15. The van der Waals surface area contributed by atoms with Gasteiger partial charge in [0.1, 0.15) is 0 Å².